The van der Waals surface area contributed by atoms with Gasteiger partial charge in [-0.05, 0) is 32.9 Å². The molecule has 1 N–H and O–H groups in total. The fraction of sp³-hybridized carbons (Fsp3) is 0.364. The minimum Gasteiger partial charge on any atom is -0.506 e. The molecule has 0 bridgehead atoms. The van der Waals surface area contributed by atoms with Crippen molar-refractivity contribution in [2.45, 2.75) is 26.4 Å². The smallest absolute Gasteiger partial charge is 0.137 e. The summed E-state index contributed by atoms with van der Waals surface area (Å²) in [5.74, 6) is 0.517. The van der Waals surface area contributed by atoms with E-state index in [-0.39, 0.29) is 16.9 Å². The highest BCUT2D eigenvalue weighted by Gasteiger charge is 2.12. The molecule has 14 heavy (non-hydrogen) atoms. The summed E-state index contributed by atoms with van der Waals surface area (Å²) in [5.41, 5.74) is -0.0492. The first kappa shape index (κ1) is 10.4. The zero-order chi connectivity index (χ0) is 10.8. The first-order chi connectivity index (χ1) is 6.42. The summed E-state index contributed by atoms with van der Waals surface area (Å²) in [6.07, 6.45) is 0. The van der Waals surface area contributed by atoms with E-state index in [1.54, 1.807) is 6.07 Å². The van der Waals surface area contributed by atoms with Crippen LogP contribution in [0.5, 0.6) is 11.5 Å². The van der Waals surface area contributed by atoms with Crippen LogP contribution in [0.4, 0.5) is 0 Å². The van der Waals surface area contributed by atoms with Gasteiger partial charge in [-0.3, -0.25) is 0 Å². The van der Waals surface area contributed by atoms with E-state index in [2.05, 4.69) is 0 Å². The van der Waals surface area contributed by atoms with E-state index in [0.29, 0.717) is 5.75 Å². The summed E-state index contributed by atoms with van der Waals surface area (Å²) >= 11 is 0. The van der Waals surface area contributed by atoms with Gasteiger partial charge in [-0.25, -0.2) is 0 Å². The number of nitrogens with zero attached hydrogens (tertiary/aromatic N) is 1. The van der Waals surface area contributed by atoms with E-state index < -0.39 is 0 Å². The summed E-state index contributed by atoms with van der Waals surface area (Å²) in [5, 5.41) is 18.0. The summed E-state index contributed by atoms with van der Waals surface area (Å²) in [4.78, 5) is 0. The molecule has 0 radical (unpaired) electrons. The zero-order valence-electron chi connectivity index (χ0n) is 8.53. The molecule has 1 rings (SSSR count). The van der Waals surface area contributed by atoms with Crippen molar-refractivity contribution in [3.8, 4) is 17.6 Å². The lowest BCUT2D eigenvalue weighted by Crippen LogP contribution is -2.22. The Morgan fingerprint density at radius 3 is 2.43 bits per heavy atom. The maximum Gasteiger partial charge on any atom is 0.137 e. The van der Waals surface area contributed by atoms with Crippen molar-refractivity contribution in [2.75, 3.05) is 0 Å². The average molecular weight is 191 g/mol. The molecular formula is C11H13NO2. The maximum atomic E-state index is 9.39. The number of aromatic hydroxyl groups is 1. The Morgan fingerprint density at radius 2 is 2.00 bits per heavy atom. The predicted octanol–water partition coefficient (Wildman–Crippen LogP) is 2.44. The lowest BCUT2D eigenvalue weighted by molar-refractivity contribution is 0.130. The van der Waals surface area contributed by atoms with Crippen LogP contribution in [0.3, 0.4) is 0 Å². The van der Waals surface area contributed by atoms with E-state index in [9.17, 15) is 5.11 Å². The van der Waals surface area contributed by atoms with Crippen LogP contribution >= 0.6 is 0 Å². The number of phenolic OH excluding ortho intramolecular Hbond substituents is 1. The van der Waals surface area contributed by atoms with Crippen LogP contribution in [-0.4, -0.2) is 10.7 Å². The number of phenols is 1. The molecule has 0 unspecified atom stereocenters. The van der Waals surface area contributed by atoms with Crippen molar-refractivity contribution in [1.82, 2.24) is 0 Å². The Kier molecular flexibility index (Phi) is 2.66. The van der Waals surface area contributed by atoms with Crippen molar-refractivity contribution < 1.29 is 9.84 Å². The Balaban J connectivity index is 2.94. The van der Waals surface area contributed by atoms with Crippen LogP contribution in [0.1, 0.15) is 26.3 Å². The second kappa shape index (κ2) is 3.59. The molecule has 0 saturated heterocycles. The SMILES string of the molecule is CC(C)(C)Oc1ccc(C#N)c(O)c1. The molecular weight excluding hydrogens is 178 g/mol. The lowest BCUT2D eigenvalue weighted by atomic mass is 10.1. The first-order valence-electron chi connectivity index (χ1n) is 4.34. The highest BCUT2D eigenvalue weighted by Crippen LogP contribution is 2.25. The summed E-state index contributed by atoms with van der Waals surface area (Å²) in [7, 11) is 0. The molecule has 0 aromatic heterocycles. The minimum atomic E-state index is -0.305. The normalized spacial score (nSPS) is 10.7. The summed E-state index contributed by atoms with van der Waals surface area (Å²) < 4.78 is 5.51. The Morgan fingerprint density at radius 1 is 1.36 bits per heavy atom. The molecule has 0 aliphatic carbocycles. The van der Waals surface area contributed by atoms with Crippen LogP contribution in [-0.2, 0) is 0 Å². The van der Waals surface area contributed by atoms with Gasteiger partial charge in [0.15, 0.2) is 0 Å². The molecule has 0 aliphatic rings. The van der Waals surface area contributed by atoms with Gasteiger partial charge in [0.25, 0.3) is 0 Å². The van der Waals surface area contributed by atoms with Crippen LogP contribution < -0.4 is 4.74 Å². The van der Waals surface area contributed by atoms with Crippen LogP contribution in [0, 0.1) is 11.3 Å². The van der Waals surface area contributed by atoms with E-state index >= 15 is 0 Å². The Labute approximate surface area is 83.6 Å². The van der Waals surface area contributed by atoms with Gasteiger partial charge in [-0.15, -0.1) is 0 Å². The molecule has 3 heteroatoms. The largest absolute Gasteiger partial charge is 0.506 e. The minimum absolute atomic E-state index is 0.0470. The third kappa shape index (κ3) is 2.67. The monoisotopic (exact) mass is 191 g/mol. The van der Waals surface area contributed by atoms with Crippen molar-refractivity contribution >= 4 is 0 Å². The number of hydrogen-bond donors (Lipinski definition) is 1. The van der Waals surface area contributed by atoms with Gasteiger partial charge in [0, 0.05) is 6.07 Å². The van der Waals surface area contributed by atoms with Crippen molar-refractivity contribution in [1.29, 1.82) is 5.26 Å². The zero-order valence-corrected chi connectivity index (χ0v) is 8.53. The van der Waals surface area contributed by atoms with E-state index in [0.717, 1.165) is 0 Å². The van der Waals surface area contributed by atoms with Gasteiger partial charge < -0.3 is 9.84 Å². The molecule has 74 valence electrons. The standard InChI is InChI=1S/C11H13NO2/c1-11(2,3)14-9-5-4-8(7-12)10(13)6-9/h4-6,13H,1-3H3. The summed E-state index contributed by atoms with van der Waals surface area (Å²) in [6, 6.07) is 6.54. The average Bonchev–Trinajstić information content (AvgIpc) is 2.01. The Hall–Kier alpha value is -1.69. The molecule has 0 aliphatic heterocycles. The molecule has 1 aromatic carbocycles. The van der Waals surface area contributed by atoms with Crippen molar-refractivity contribution in [3.05, 3.63) is 23.8 Å². The van der Waals surface area contributed by atoms with Gasteiger partial charge in [0.1, 0.15) is 23.2 Å². The highest BCUT2D eigenvalue weighted by atomic mass is 16.5. The van der Waals surface area contributed by atoms with Gasteiger partial charge >= 0.3 is 0 Å². The third-order valence-corrected chi connectivity index (χ3v) is 1.51. The first-order valence-corrected chi connectivity index (χ1v) is 4.34. The number of nitriles is 1. The second-order valence-electron chi connectivity index (χ2n) is 4.01. The van der Waals surface area contributed by atoms with Crippen LogP contribution in [0.25, 0.3) is 0 Å². The number of benzene rings is 1. The number of ether oxygens (including phenoxy) is 1. The van der Waals surface area contributed by atoms with E-state index in [1.807, 2.05) is 26.8 Å². The molecule has 0 fully saturated rings. The van der Waals surface area contributed by atoms with Gasteiger partial charge in [0.05, 0.1) is 5.56 Å². The Bertz CT molecular complexity index is 372. The lowest BCUT2D eigenvalue weighted by Gasteiger charge is -2.21. The molecule has 0 heterocycles. The fourth-order valence-electron chi connectivity index (χ4n) is 1.02. The van der Waals surface area contributed by atoms with Gasteiger partial charge in [-0.1, -0.05) is 0 Å². The second-order valence-corrected chi connectivity index (χ2v) is 4.01. The molecule has 0 spiro atoms. The predicted molar refractivity (Wildman–Crippen MR) is 53.2 cm³/mol. The third-order valence-electron chi connectivity index (χ3n) is 1.51. The van der Waals surface area contributed by atoms with Gasteiger partial charge in [0.2, 0.25) is 0 Å². The highest BCUT2D eigenvalue weighted by molar-refractivity contribution is 5.46. The number of hydrogen-bond acceptors (Lipinski definition) is 3. The molecule has 1 aromatic rings. The van der Waals surface area contributed by atoms with Gasteiger partial charge in [-0.2, -0.15) is 5.26 Å². The van der Waals surface area contributed by atoms with Crippen molar-refractivity contribution in [3.63, 3.8) is 0 Å². The summed E-state index contributed by atoms with van der Waals surface area (Å²) in [6.45, 7) is 5.76. The molecule has 0 saturated carbocycles. The van der Waals surface area contributed by atoms with Crippen molar-refractivity contribution in [2.24, 2.45) is 0 Å². The fourth-order valence-corrected chi connectivity index (χ4v) is 1.02. The molecule has 0 atom stereocenters. The van der Waals surface area contributed by atoms with Crippen LogP contribution in [0.2, 0.25) is 0 Å². The van der Waals surface area contributed by atoms with Crippen LogP contribution in [0.15, 0.2) is 18.2 Å². The maximum absolute atomic E-state index is 9.39. The van der Waals surface area contributed by atoms with E-state index in [4.69, 9.17) is 10.00 Å². The quantitative estimate of drug-likeness (QED) is 0.741. The topological polar surface area (TPSA) is 53.2 Å². The van der Waals surface area contributed by atoms with E-state index in [1.165, 1.54) is 12.1 Å². The molecule has 0 amide bonds. The molecule has 3 nitrogen and oxygen atoms in total. The number of rotatable bonds is 1.